The number of fused-ring (bicyclic) bond motifs is 1. The first-order valence-corrected chi connectivity index (χ1v) is 17.6. The number of imidazole rings is 1. The molecule has 0 bridgehead atoms. The van der Waals surface area contributed by atoms with Crippen LogP contribution in [0.5, 0.6) is 0 Å². The lowest BCUT2D eigenvalue weighted by atomic mass is 10.1. The lowest BCUT2D eigenvalue weighted by Gasteiger charge is -2.19. The summed E-state index contributed by atoms with van der Waals surface area (Å²) in [6, 6.07) is 0. The zero-order chi connectivity index (χ0) is 31.0. The fourth-order valence-electron chi connectivity index (χ4n) is 3.99. The maximum Gasteiger partial charge on any atom is 0.488 e. The molecule has 0 saturated heterocycles. The molecule has 18 nitrogen and oxygen atoms in total. The van der Waals surface area contributed by atoms with E-state index in [-0.39, 0.29) is 18.4 Å². The number of hydrogen-bond donors (Lipinski definition) is 5. The Balaban J connectivity index is 1.38. The van der Waals surface area contributed by atoms with Crippen molar-refractivity contribution in [2.45, 2.75) is 58.1 Å². The molecule has 2 amide bonds. The van der Waals surface area contributed by atoms with E-state index in [1.165, 1.54) is 29.7 Å². The molecule has 0 aromatic carbocycles. The fourth-order valence-corrected chi connectivity index (χ4v) is 7.37. The first-order valence-electron chi connectivity index (χ1n) is 12.8. The molecular weight excluding hydrogens is 621 g/mol. The van der Waals surface area contributed by atoms with Gasteiger partial charge in [-0.2, -0.15) is 4.31 Å². The van der Waals surface area contributed by atoms with Crippen LogP contribution in [0.2, 0.25) is 0 Å². The SMILES string of the molecule is C[C@H](Cn1cnc2c(NCCCCCCCCN3C(=O)C=CC3=O)ncnc21)OCP(=O)(O)OP(=O)(O)OP(=O)(O)O. The van der Waals surface area contributed by atoms with Gasteiger partial charge in [-0.15, -0.1) is 0 Å². The third kappa shape index (κ3) is 11.0. The number of anilines is 1. The Morgan fingerprint density at radius 2 is 1.55 bits per heavy atom. The summed E-state index contributed by atoms with van der Waals surface area (Å²) in [7, 11) is -15.9. The van der Waals surface area contributed by atoms with Crippen LogP contribution in [0.3, 0.4) is 0 Å². The predicted molar refractivity (Wildman–Crippen MR) is 147 cm³/mol. The number of carbonyl (C=O) groups excluding carboxylic acids is 2. The van der Waals surface area contributed by atoms with E-state index >= 15 is 0 Å². The Hall–Kier alpha value is -2.36. The first kappa shape index (κ1) is 34.1. The van der Waals surface area contributed by atoms with Crippen LogP contribution in [0.15, 0.2) is 24.8 Å². The second kappa shape index (κ2) is 14.9. The molecule has 234 valence electrons. The van der Waals surface area contributed by atoms with Gasteiger partial charge in [0.05, 0.1) is 19.0 Å². The topological polar surface area (TPSA) is 253 Å². The van der Waals surface area contributed by atoms with Crippen molar-refractivity contribution in [3.05, 3.63) is 24.8 Å². The maximum absolute atomic E-state index is 12.0. The van der Waals surface area contributed by atoms with E-state index in [1.807, 2.05) is 0 Å². The van der Waals surface area contributed by atoms with Crippen molar-refractivity contribution in [2.75, 3.05) is 24.8 Å². The maximum atomic E-state index is 12.0. The van der Waals surface area contributed by atoms with Crippen molar-refractivity contribution in [1.29, 1.82) is 0 Å². The highest BCUT2D eigenvalue weighted by Gasteiger charge is 2.39. The zero-order valence-electron chi connectivity index (χ0n) is 22.6. The summed E-state index contributed by atoms with van der Waals surface area (Å²) in [6.07, 6.45) is 9.16. The second-order valence-corrected chi connectivity index (χ2v) is 14.1. The number of nitrogens with zero attached hydrogens (tertiary/aromatic N) is 5. The van der Waals surface area contributed by atoms with Crippen LogP contribution >= 0.6 is 23.2 Å². The largest absolute Gasteiger partial charge is 0.488 e. The predicted octanol–water partition coefficient (Wildman–Crippen LogP) is 2.28. The lowest BCUT2D eigenvalue weighted by molar-refractivity contribution is -0.136. The van der Waals surface area contributed by atoms with Crippen LogP contribution in [0.1, 0.15) is 45.4 Å². The van der Waals surface area contributed by atoms with Crippen molar-refractivity contribution in [3.8, 4) is 0 Å². The van der Waals surface area contributed by atoms with E-state index in [9.17, 15) is 33.1 Å². The number of ether oxygens (including phenoxy) is 1. The highest BCUT2D eigenvalue weighted by atomic mass is 31.3. The molecule has 42 heavy (non-hydrogen) atoms. The minimum absolute atomic E-state index is 0.110. The summed E-state index contributed by atoms with van der Waals surface area (Å²) in [5.74, 6) is 0.0156. The quantitative estimate of drug-likeness (QED) is 0.0827. The van der Waals surface area contributed by atoms with Gasteiger partial charge in [-0.25, -0.2) is 28.4 Å². The van der Waals surface area contributed by atoms with Gasteiger partial charge in [-0.1, -0.05) is 25.7 Å². The minimum Gasteiger partial charge on any atom is -0.368 e. The Morgan fingerprint density at radius 1 is 0.905 bits per heavy atom. The van der Waals surface area contributed by atoms with E-state index in [1.54, 1.807) is 11.5 Å². The molecule has 5 N–H and O–H groups in total. The monoisotopic (exact) mass is 654 g/mol. The fraction of sp³-hybridized carbons (Fsp3) is 0.571. The van der Waals surface area contributed by atoms with Crippen LogP contribution in [0, 0.1) is 0 Å². The molecule has 0 saturated carbocycles. The number of unbranched alkanes of at least 4 members (excludes halogenated alkanes) is 5. The summed E-state index contributed by atoms with van der Waals surface area (Å²) >= 11 is 0. The summed E-state index contributed by atoms with van der Waals surface area (Å²) in [5.41, 5.74) is 0.962. The van der Waals surface area contributed by atoms with Gasteiger partial charge in [0, 0.05) is 25.2 Å². The Kier molecular flexibility index (Phi) is 12.1. The molecule has 21 heteroatoms. The molecule has 0 fully saturated rings. The molecule has 3 atom stereocenters. The second-order valence-electron chi connectivity index (χ2n) is 9.37. The van der Waals surface area contributed by atoms with Crippen LogP contribution in [0.4, 0.5) is 5.82 Å². The van der Waals surface area contributed by atoms with Gasteiger partial charge in [0.2, 0.25) is 0 Å². The molecule has 2 aromatic rings. The number of nitrogens with one attached hydrogen (secondary N) is 1. The molecule has 0 radical (unpaired) electrons. The average Bonchev–Trinajstić information content (AvgIpc) is 3.42. The van der Waals surface area contributed by atoms with Crippen LogP contribution < -0.4 is 5.32 Å². The van der Waals surface area contributed by atoms with Gasteiger partial charge < -0.3 is 34.2 Å². The normalized spacial score (nSPS) is 17.5. The molecule has 2 aromatic heterocycles. The molecule has 0 aliphatic carbocycles. The molecule has 1 aliphatic rings. The minimum atomic E-state index is -5.54. The van der Waals surface area contributed by atoms with Gasteiger partial charge in [-0.3, -0.25) is 19.1 Å². The highest BCUT2D eigenvalue weighted by Crippen LogP contribution is 2.65. The van der Waals surface area contributed by atoms with Crippen LogP contribution in [-0.4, -0.2) is 81.3 Å². The number of amides is 2. The third-order valence-electron chi connectivity index (χ3n) is 5.82. The first-order chi connectivity index (χ1) is 19.7. The van der Waals surface area contributed by atoms with Crippen molar-refractivity contribution >= 4 is 52.0 Å². The lowest BCUT2D eigenvalue weighted by Crippen LogP contribution is -2.30. The van der Waals surface area contributed by atoms with Gasteiger partial charge >= 0.3 is 23.2 Å². The van der Waals surface area contributed by atoms with E-state index in [4.69, 9.17) is 14.5 Å². The number of carbonyl (C=O) groups is 2. The molecule has 0 spiro atoms. The summed E-state index contributed by atoms with van der Waals surface area (Å²) in [4.78, 5) is 73.3. The summed E-state index contributed by atoms with van der Waals surface area (Å²) in [6.45, 7) is 2.74. The van der Waals surface area contributed by atoms with Gasteiger partial charge in [0.15, 0.2) is 11.5 Å². The van der Waals surface area contributed by atoms with E-state index < -0.39 is 35.7 Å². The van der Waals surface area contributed by atoms with Crippen molar-refractivity contribution in [2.24, 2.45) is 0 Å². The molecule has 3 heterocycles. The molecule has 2 unspecified atom stereocenters. The Labute approximate surface area is 240 Å². The smallest absolute Gasteiger partial charge is 0.368 e. The molecule has 1 aliphatic heterocycles. The highest BCUT2D eigenvalue weighted by molar-refractivity contribution is 7.68. The van der Waals surface area contributed by atoms with Crippen LogP contribution in [0.25, 0.3) is 11.2 Å². The third-order valence-corrected chi connectivity index (χ3v) is 9.82. The van der Waals surface area contributed by atoms with Crippen LogP contribution in [-0.2, 0) is 43.2 Å². The molecule has 3 rings (SSSR count). The van der Waals surface area contributed by atoms with E-state index in [0.717, 1.165) is 38.5 Å². The summed E-state index contributed by atoms with van der Waals surface area (Å²) in [5, 5.41) is 3.24. The number of rotatable bonds is 19. The van der Waals surface area contributed by atoms with E-state index in [0.29, 0.717) is 30.1 Å². The van der Waals surface area contributed by atoms with Gasteiger partial charge in [0.25, 0.3) is 11.8 Å². The van der Waals surface area contributed by atoms with Crippen molar-refractivity contribution < 1.29 is 56.2 Å². The number of phosphoric acid groups is 2. The Morgan fingerprint density at radius 3 is 2.21 bits per heavy atom. The molecular formula is C21H33N6O12P3. The van der Waals surface area contributed by atoms with Gasteiger partial charge in [-0.05, 0) is 19.8 Å². The average molecular weight is 654 g/mol. The van der Waals surface area contributed by atoms with Crippen molar-refractivity contribution in [1.82, 2.24) is 24.4 Å². The summed E-state index contributed by atoms with van der Waals surface area (Å²) < 4.78 is 48.6. The number of aromatic nitrogens is 4. The number of imide groups is 1. The van der Waals surface area contributed by atoms with Crippen molar-refractivity contribution in [3.63, 3.8) is 0 Å². The Bertz CT molecular complexity index is 1410. The zero-order valence-corrected chi connectivity index (χ0v) is 25.3. The van der Waals surface area contributed by atoms with E-state index in [2.05, 4.69) is 28.9 Å². The number of hydrogen-bond acceptors (Lipinski definition) is 12. The standard InChI is InChI=1S/C21H33N6O12P3/c1-16(37-15-40(30,31)38-42(35,36)39-41(32,33)34)12-26-14-25-19-20(23-13-24-21(19)26)22-10-6-4-2-3-5-7-11-27-17(28)8-9-18(27)29/h8-9,13-14,16H,2-7,10-12,15H2,1H3,(H,30,31)(H,35,36)(H,22,23,24)(H2,32,33,34)/t16-/m1/s1. The van der Waals surface area contributed by atoms with Gasteiger partial charge in [0.1, 0.15) is 18.2 Å².